The maximum absolute atomic E-state index is 8.94. The van der Waals surface area contributed by atoms with Crippen LogP contribution in [-0.2, 0) is 4.74 Å². The normalized spacial score (nSPS) is 13.1. The summed E-state index contributed by atoms with van der Waals surface area (Å²) in [7, 11) is 5.91. The number of aliphatic hydroxyl groups is 1. The number of rotatable bonds is 19. The van der Waals surface area contributed by atoms with Gasteiger partial charge in [0.25, 0.3) is 0 Å². The van der Waals surface area contributed by atoms with E-state index >= 15 is 0 Å². The standard InChI is InChI=1S/C19H42N2O2S2/c1-5-21(13-12-20(3)14-16-22)15-17-23-19(2)11-9-7-6-8-10-18-25-24-4/h19,22H,5-18H2,1-4H3. The molecule has 152 valence electrons. The topological polar surface area (TPSA) is 35.9 Å². The molecule has 0 spiro atoms. The SMILES string of the molecule is CCN(CCOC(C)CCCCCCCSSC)CCN(C)CCO. The molecular weight excluding hydrogens is 352 g/mol. The summed E-state index contributed by atoms with van der Waals surface area (Å²) < 4.78 is 5.99. The molecule has 0 saturated carbocycles. The largest absolute Gasteiger partial charge is 0.395 e. The Balaban J connectivity index is 3.52. The van der Waals surface area contributed by atoms with Crippen LogP contribution in [0.3, 0.4) is 0 Å². The van der Waals surface area contributed by atoms with Gasteiger partial charge >= 0.3 is 0 Å². The molecule has 0 rings (SSSR count). The fourth-order valence-corrected chi connectivity index (χ4v) is 4.04. The summed E-state index contributed by atoms with van der Waals surface area (Å²) >= 11 is 0. The minimum atomic E-state index is 0.236. The Bertz CT molecular complexity index is 274. The molecule has 0 saturated heterocycles. The van der Waals surface area contributed by atoms with Crippen molar-refractivity contribution in [2.75, 3.05) is 65.0 Å². The van der Waals surface area contributed by atoms with Gasteiger partial charge in [-0.05, 0) is 39.6 Å². The minimum Gasteiger partial charge on any atom is -0.395 e. The van der Waals surface area contributed by atoms with Gasteiger partial charge < -0.3 is 19.6 Å². The summed E-state index contributed by atoms with van der Waals surface area (Å²) in [4.78, 5) is 4.60. The van der Waals surface area contributed by atoms with Crippen LogP contribution in [-0.4, -0.2) is 86.0 Å². The quantitative estimate of drug-likeness (QED) is 0.264. The predicted molar refractivity (Wildman–Crippen MR) is 116 cm³/mol. The highest BCUT2D eigenvalue weighted by atomic mass is 33.1. The van der Waals surface area contributed by atoms with Crippen LogP contribution in [0.4, 0.5) is 0 Å². The molecule has 0 fully saturated rings. The summed E-state index contributed by atoms with van der Waals surface area (Å²) in [5.74, 6) is 1.30. The molecule has 0 amide bonds. The zero-order valence-electron chi connectivity index (χ0n) is 17.0. The van der Waals surface area contributed by atoms with Gasteiger partial charge in [-0.15, -0.1) is 0 Å². The highest BCUT2D eigenvalue weighted by molar-refractivity contribution is 8.76. The number of hydrogen-bond donors (Lipinski definition) is 1. The van der Waals surface area contributed by atoms with Crippen molar-refractivity contribution < 1.29 is 9.84 Å². The number of aliphatic hydroxyl groups excluding tert-OH is 1. The molecule has 0 bridgehead atoms. The molecule has 1 N–H and O–H groups in total. The van der Waals surface area contributed by atoms with E-state index < -0.39 is 0 Å². The van der Waals surface area contributed by atoms with Crippen molar-refractivity contribution in [3.63, 3.8) is 0 Å². The molecule has 0 heterocycles. The third-order valence-corrected chi connectivity index (χ3v) is 6.39. The molecule has 0 aliphatic heterocycles. The highest BCUT2D eigenvalue weighted by Gasteiger charge is 2.07. The van der Waals surface area contributed by atoms with Crippen LogP contribution in [0.2, 0.25) is 0 Å². The summed E-state index contributed by atoms with van der Waals surface area (Å²) in [5, 5.41) is 8.94. The molecule has 4 nitrogen and oxygen atoms in total. The summed E-state index contributed by atoms with van der Waals surface area (Å²) in [6.45, 7) is 10.3. The van der Waals surface area contributed by atoms with Gasteiger partial charge in [-0.2, -0.15) is 0 Å². The first-order valence-electron chi connectivity index (χ1n) is 9.93. The van der Waals surface area contributed by atoms with Crippen molar-refractivity contribution >= 4 is 21.6 Å². The number of nitrogens with zero attached hydrogens (tertiary/aromatic N) is 2. The Labute approximate surface area is 164 Å². The van der Waals surface area contributed by atoms with E-state index in [0.29, 0.717) is 6.10 Å². The second-order valence-electron chi connectivity index (χ2n) is 6.69. The van der Waals surface area contributed by atoms with E-state index in [2.05, 4.69) is 37.0 Å². The van der Waals surface area contributed by atoms with E-state index in [4.69, 9.17) is 9.84 Å². The van der Waals surface area contributed by atoms with Crippen LogP contribution in [0, 0.1) is 0 Å². The lowest BCUT2D eigenvalue weighted by Crippen LogP contribution is -2.36. The Morgan fingerprint density at radius 3 is 2.40 bits per heavy atom. The molecule has 25 heavy (non-hydrogen) atoms. The van der Waals surface area contributed by atoms with E-state index in [9.17, 15) is 0 Å². The van der Waals surface area contributed by atoms with Crippen molar-refractivity contribution in [2.24, 2.45) is 0 Å². The van der Waals surface area contributed by atoms with Crippen LogP contribution in [0.1, 0.15) is 52.4 Å². The maximum Gasteiger partial charge on any atom is 0.0597 e. The van der Waals surface area contributed by atoms with Crippen LogP contribution in [0.5, 0.6) is 0 Å². The lowest BCUT2D eigenvalue weighted by Gasteiger charge is -2.24. The van der Waals surface area contributed by atoms with Gasteiger partial charge in [0.2, 0.25) is 0 Å². The second-order valence-corrected chi connectivity index (χ2v) is 9.37. The Morgan fingerprint density at radius 2 is 1.72 bits per heavy atom. The molecule has 6 heteroatoms. The average Bonchev–Trinajstić information content (AvgIpc) is 2.60. The van der Waals surface area contributed by atoms with Crippen molar-refractivity contribution in [3.8, 4) is 0 Å². The zero-order chi connectivity index (χ0) is 18.8. The highest BCUT2D eigenvalue weighted by Crippen LogP contribution is 2.19. The number of hydrogen-bond acceptors (Lipinski definition) is 6. The molecule has 1 atom stereocenters. The van der Waals surface area contributed by atoms with Gasteiger partial charge in [0, 0.05) is 31.9 Å². The molecule has 0 aliphatic carbocycles. The minimum absolute atomic E-state index is 0.236. The second kappa shape index (κ2) is 19.3. The first-order valence-corrected chi connectivity index (χ1v) is 12.7. The van der Waals surface area contributed by atoms with Crippen molar-refractivity contribution in [1.29, 1.82) is 0 Å². The van der Waals surface area contributed by atoms with Crippen molar-refractivity contribution in [1.82, 2.24) is 9.80 Å². The van der Waals surface area contributed by atoms with Crippen molar-refractivity contribution in [2.45, 2.75) is 58.5 Å². The molecule has 0 aromatic heterocycles. The van der Waals surface area contributed by atoms with E-state index in [1.165, 1.54) is 44.3 Å². The molecule has 0 aromatic rings. The van der Waals surface area contributed by atoms with Gasteiger partial charge in [0.15, 0.2) is 0 Å². The fourth-order valence-electron chi connectivity index (χ4n) is 2.70. The van der Waals surface area contributed by atoms with Gasteiger partial charge in [-0.1, -0.05) is 54.2 Å². The Morgan fingerprint density at radius 1 is 1.00 bits per heavy atom. The third kappa shape index (κ3) is 17.7. The summed E-state index contributed by atoms with van der Waals surface area (Å²) in [5.41, 5.74) is 0. The van der Waals surface area contributed by atoms with Crippen LogP contribution in [0.15, 0.2) is 0 Å². The summed E-state index contributed by atoms with van der Waals surface area (Å²) in [6, 6.07) is 0. The molecule has 1 unspecified atom stereocenters. The van der Waals surface area contributed by atoms with E-state index in [0.717, 1.165) is 39.3 Å². The predicted octanol–water partition coefficient (Wildman–Crippen LogP) is 3.99. The van der Waals surface area contributed by atoms with E-state index in [-0.39, 0.29) is 6.61 Å². The van der Waals surface area contributed by atoms with Crippen LogP contribution < -0.4 is 0 Å². The Hall–Kier alpha value is 0.540. The van der Waals surface area contributed by atoms with Gasteiger partial charge in [0.05, 0.1) is 19.3 Å². The first-order chi connectivity index (χ1) is 12.1. The lowest BCUT2D eigenvalue weighted by atomic mass is 10.1. The molecule has 0 aliphatic rings. The van der Waals surface area contributed by atoms with Crippen LogP contribution in [0.25, 0.3) is 0 Å². The third-order valence-electron chi connectivity index (χ3n) is 4.49. The molecule has 0 aromatic carbocycles. The first kappa shape index (κ1) is 25.5. The fraction of sp³-hybridized carbons (Fsp3) is 1.00. The van der Waals surface area contributed by atoms with E-state index in [1.54, 1.807) is 0 Å². The van der Waals surface area contributed by atoms with Gasteiger partial charge in [0.1, 0.15) is 0 Å². The molecule has 0 radical (unpaired) electrons. The Kier molecular flexibility index (Phi) is 19.7. The molecular formula is C19H42N2O2S2. The zero-order valence-corrected chi connectivity index (χ0v) is 18.7. The average molecular weight is 395 g/mol. The van der Waals surface area contributed by atoms with Gasteiger partial charge in [-0.25, -0.2) is 0 Å². The monoisotopic (exact) mass is 394 g/mol. The maximum atomic E-state index is 8.94. The van der Waals surface area contributed by atoms with Gasteiger partial charge in [-0.3, -0.25) is 0 Å². The van der Waals surface area contributed by atoms with E-state index in [1.807, 2.05) is 21.6 Å². The summed E-state index contributed by atoms with van der Waals surface area (Å²) in [6.07, 6.45) is 10.5. The lowest BCUT2D eigenvalue weighted by molar-refractivity contribution is 0.0414. The smallest absolute Gasteiger partial charge is 0.0597 e. The number of likely N-dealkylation sites (N-methyl/N-ethyl adjacent to an activating group) is 2. The number of ether oxygens (including phenoxy) is 1. The van der Waals surface area contributed by atoms with Crippen molar-refractivity contribution in [3.05, 3.63) is 0 Å². The van der Waals surface area contributed by atoms with Crippen LogP contribution >= 0.6 is 21.6 Å². The number of unbranched alkanes of at least 4 members (excludes halogenated alkanes) is 4.